The summed E-state index contributed by atoms with van der Waals surface area (Å²) in [5.74, 6) is 3.33. The van der Waals surface area contributed by atoms with Gasteiger partial charge in [0.1, 0.15) is 5.03 Å². The highest BCUT2D eigenvalue weighted by Crippen LogP contribution is 2.53. The summed E-state index contributed by atoms with van der Waals surface area (Å²) in [6.45, 7) is 0. The molecule has 0 saturated heterocycles. The number of hydrogen-bond donors (Lipinski definition) is 1. The van der Waals surface area contributed by atoms with Crippen molar-refractivity contribution in [2.45, 2.75) is 80.5 Å². The van der Waals surface area contributed by atoms with Crippen molar-refractivity contribution in [3.8, 4) is 5.69 Å². The summed E-state index contributed by atoms with van der Waals surface area (Å²) in [4.78, 5) is 13.6. The Morgan fingerprint density at radius 3 is 2.29 bits per heavy atom. The quantitative estimate of drug-likeness (QED) is 0.641. The number of aromatic nitrogens is 2. The fourth-order valence-electron chi connectivity index (χ4n) is 7.09. The van der Waals surface area contributed by atoms with E-state index in [0.717, 1.165) is 28.1 Å². The van der Waals surface area contributed by atoms with E-state index >= 15 is 0 Å². The Morgan fingerprint density at radius 2 is 1.61 bits per heavy atom. The number of thioether (sulfide) groups is 1. The first-order valence-corrected chi connectivity index (χ1v) is 13.2. The molecule has 4 nitrogen and oxygen atoms in total. The van der Waals surface area contributed by atoms with Crippen molar-refractivity contribution in [3.05, 3.63) is 42.1 Å². The number of hydrogen-bond acceptors (Lipinski definition) is 3. The zero-order valence-corrected chi connectivity index (χ0v) is 19.0. The van der Waals surface area contributed by atoms with Crippen LogP contribution in [0.2, 0.25) is 0 Å². The van der Waals surface area contributed by atoms with Gasteiger partial charge in [0.25, 0.3) is 5.91 Å². The minimum atomic E-state index is 0.0953. The predicted octanol–water partition coefficient (Wildman–Crippen LogP) is 5.85. The number of nitrogens with one attached hydrogen (secondary N) is 1. The van der Waals surface area contributed by atoms with Gasteiger partial charge in [0, 0.05) is 11.3 Å². The summed E-state index contributed by atoms with van der Waals surface area (Å²) in [5.41, 5.74) is 1.81. The van der Waals surface area contributed by atoms with Gasteiger partial charge in [-0.25, -0.2) is 4.68 Å². The number of rotatable bonds is 5. The molecule has 1 amide bonds. The second kappa shape index (κ2) is 8.31. The number of amides is 1. The first-order chi connectivity index (χ1) is 15.2. The van der Waals surface area contributed by atoms with Crippen molar-refractivity contribution < 1.29 is 4.79 Å². The van der Waals surface area contributed by atoms with Gasteiger partial charge in [0.05, 0.1) is 17.4 Å². The Morgan fingerprint density at radius 1 is 0.935 bits per heavy atom. The molecule has 1 N–H and O–H groups in total. The minimum Gasteiger partial charge on any atom is -0.349 e. The molecule has 0 spiro atoms. The zero-order chi connectivity index (χ0) is 20.8. The van der Waals surface area contributed by atoms with Crippen molar-refractivity contribution in [1.29, 1.82) is 0 Å². The van der Waals surface area contributed by atoms with Crippen LogP contribution in [0, 0.1) is 23.7 Å². The van der Waals surface area contributed by atoms with Gasteiger partial charge >= 0.3 is 0 Å². The van der Waals surface area contributed by atoms with Crippen molar-refractivity contribution in [2.75, 3.05) is 0 Å². The highest BCUT2D eigenvalue weighted by atomic mass is 32.2. The lowest BCUT2D eigenvalue weighted by Crippen LogP contribution is -2.55. The Bertz CT molecular complexity index is 905. The van der Waals surface area contributed by atoms with Gasteiger partial charge in [-0.15, -0.1) is 11.8 Å². The maximum absolute atomic E-state index is 13.6. The molecule has 5 heteroatoms. The molecule has 1 heterocycles. The number of para-hydroxylation sites is 1. The highest BCUT2D eigenvalue weighted by Gasteiger charge is 2.48. The molecule has 1 aromatic carbocycles. The third-order valence-electron chi connectivity index (χ3n) is 8.33. The summed E-state index contributed by atoms with van der Waals surface area (Å²) in [6, 6.07) is 10.6. The van der Waals surface area contributed by atoms with Crippen LogP contribution < -0.4 is 5.32 Å². The van der Waals surface area contributed by atoms with Gasteiger partial charge in [-0.1, -0.05) is 37.5 Å². The normalized spacial score (nSPS) is 32.3. The molecule has 5 saturated carbocycles. The van der Waals surface area contributed by atoms with E-state index in [0.29, 0.717) is 23.1 Å². The summed E-state index contributed by atoms with van der Waals surface area (Å²) >= 11 is 1.88. The fraction of sp³-hybridized carbons (Fsp3) is 0.615. The summed E-state index contributed by atoms with van der Waals surface area (Å²) in [5, 5.41) is 9.82. The first kappa shape index (κ1) is 19.9. The lowest BCUT2D eigenvalue weighted by Gasteiger charge is -2.54. The lowest BCUT2D eigenvalue weighted by atomic mass is 9.54. The molecule has 2 aromatic rings. The summed E-state index contributed by atoms with van der Waals surface area (Å²) in [6.07, 6.45) is 15.0. The van der Waals surface area contributed by atoms with Gasteiger partial charge < -0.3 is 5.32 Å². The van der Waals surface area contributed by atoms with Crippen LogP contribution in [-0.2, 0) is 0 Å². The summed E-state index contributed by atoms with van der Waals surface area (Å²) < 4.78 is 1.99. The average molecular weight is 436 g/mol. The van der Waals surface area contributed by atoms with E-state index in [1.54, 1.807) is 0 Å². The van der Waals surface area contributed by atoms with Crippen molar-refractivity contribution in [1.82, 2.24) is 15.1 Å². The topological polar surface area (TPSA) is 46.9 Å². The fourth-order valence-corrected chi connectivity index (χ4v) is 8.50. The third-order valence-corrected chi connectivity index (χ3v) is 9.75. The molecule has 0 atom stereocenters. The van der Waals surface area contributed by atoms with Crippen molar-refractivity contribution in [2.24, 2.45) is 23.7 Å². The molecule has 7 rings (SSSR count). The van der Waals surface area contributed by atoms with E-state index in [9.17, 15) is 4.79 Å². The standard InChI is InChI=1S/C26H33N3OS/c30-25(28-24-19-12-17-11-18(14-19)15-20(24)13-17)23-16-27-29(21-7-3-1-4-8-21)26(23)31-22-9-5-2-6-10-22/h1,3-4,7-8,16-20,22,24H,2,5-6,9-15H2,(H,28,30). The Balaban J connectivity index is 1.27. The predicted molar refractivity (Wildman–Crippen MR) is 125 cm³/mol. The van der Waals surface area contributed by atoms with E-state index < -0.39 is 0 Å². The largest absolute Gasteiger partial charge is 0.349 e. The Kier molecular flexibility index (Phi) is 5.33. The van der Waals surface area contributed by atoms with Crippen LogP contribution in [0.15, 0.2) is 41.6 Å². The van der Waals surface area contributed by atoms with Crippen LogP contribution in [0.5, 0.6) is 0 Å². The minimum absolute atomic E-state index is 0.0953. The highest BCUT2D eigenvalue weighted by molar-refractivity contribution is 8.00. The van der Waals surface area contributed by atoms with Gasteiger partial charge in [-0.3, -0.25) is 4.79 Å². The number of nitrogens with zero attached hydrogens (tertiary/aromatic N) is 2. The molecular weight excluding hydrogens is 402 g/mol. The van der Waals surface area contributed by atoms with Gasteiger partial charge in [-0.2, -0.15) is 5.10 Å². The number of carbonyl (C=O) groups excluding carboxylic acids is 1. The number of carbonyl (C=O) groups is 1. The Labute approximate surface area is 189 Å². The van der Waals surface area contributed by atoms with Crippen LogP contribution >= 0.6 is 11.8 Å². The van der Waals surface area contributed by atoms with E-state index in [1.165, 1.54) is 64.2 Å². The molecular formula is C26H33N3OS. The maximum Gasteiger partial charge on any atom is 0.255 e. The monoisotopic (exact) mass is 435 g/mol. The molecule has 4 bridgehead atoms. The maximum atomic E-state index is 13.6. The lowest BCUT2D eigenvalue weighted by molar-refractivity contribution is -0.0120. The molecule has 5 aliphatic rings. The smallest absolute Gasteiger partial charge is 0.255 e. The van der Waals surface area contributed by atoms with Crippen LogP contribution in [0.25, 0.3) is 5.69 Å². The molecule has 31 heavy (non-hydrogen) atoms. The molecule has 0 unspecified atom stereocenters. The second-order valence-corrected chi connectivity index (χ2v) is 11.7. The first-order valence-electron chi connectivity index (χ1n) is 12.4. The molecule has 0 aliphatic heterocycles. The van der Waals surface area contributed by atoms with Crippen LogP contribution in [0.4, 0.5) is 0 Å². The molecule has 5 fully saturated rings. The van der Waals surface area contributed by atoms with E-state index in [2.05, 4.69) is 17.4 Å². The van der Waals surface area contributed by atoms with Crippen LogP contribution in [0.1, 0.15) is 74.6 Å². The van der Waals surface area contributed by atoms with Gasteiger partial charge in [0.2, 0.25) is 0 Å². The van der Waals surface area contributed by atoms with Gasteiger partial charge in [-0.05, 0) is 80.8 Å². The second-order valence-electron chi connectivity index (χ2n) is 10.4. The van der Waals surface area contributed by atoms with Gasteiger partial charge in [0.15, 0.2) is 0 Å². The summed E-state index contributed by atoms with van der Waals surface area (Å²) in [7, 11) is 0. The third kappa shape index (κ3) is 3.83. The van der Waals surface area contributed by atoms with Crippen LogP contribution in [-0.4, -0.2) is 27.0 Å². The SMILES string of the molecule is O=C(NC1C2CC3CC(C2)CC1C3)c1cnn(-c2ccccc2)c1SC1CCCCC1. The van der Waals surface area contributed by atoms with Crippen LogP contribution in [0.3, 0.4) is 0 Å². The van der Waals surface area contributed by atoms with Crippen molar-refractivity contribution >= 4 is 17.7 Å². The molecule has 1 aromatic heterocycles. The molecule has 5 aliphatic carbocycles. The van der Waals surface area contributed by atoms with E-state index in [4.69, 9.17) is 5.10 Å². The molecule has 164 valence electrons. The zero-order valence-electron chi connectivity index (χ0n) is 18.2. The van der Waals surface area contributed by atoms with Crippen molar-refractivity contribution in [3.63, 3.8) is 0 Å². The molecule has 0 radical (unpaired) electrons. The van der Waals surface area contributed by atoms with E-state index in [1.807, 2.05) is 40.8 Å². The van der Waals surface area contributed by atoms with E-state index in [-0.39, 0.29) is 5.91 Å². The number of benzene rings is 1. The Hall–Kier alpha value is -1.75. The average Bonchev–Trinajstić information content (AvgIpc) is 3.20.